The minimum Gasteiger partial charge on any atom is -0.376 e. The molecular weight excluding hydrogens is 263 g/mol. The molecule has 0 radical (unpaired) electrons. The summed E-state index contributed by atoms with van der Waals surface area (Å²) in [6.45, 7) is 1.74. The highest BCUT2D eigenvalue weighted by atomic mass is 35.5. The topological polar surface area (TPSA) is 47.1 Å². The third kappa shape index (κ3) is 2.13. The lowest BCUT2D eigenvalue weighted by Crippen LogP contribution is -2.22. The Bertz CT molecular complexity index is 511. The summed E-state index contributed by atoms with van der Waals surface area (Å²) in [6.07, 6.45) is -0.145. The van der Waals surface area contributed by atoms with Crippen LogP contribution in [0.15, 0.2) is 12.1 Å². The molecule has 0 spiro atoms. The van der Waals surface area contributed by atoms with E-state index in [2.05, 4.69) is 9.97 Å². The Kier molecular flexibility index (Phi) is 2.96. The molecule has 1 aliphatic heterocycles. The summed E-state index contributed by atoms with van der Waals surface area (Å²) >= 11 is 11.9. The molecule has 1 unspecified atom stereocenters. The van der Waals surface area contributed by atoms with Crippen molar-refractivity contribution in [2.24, 2.45) is 0 Å². The van der Waals surface area contributed by atoms with Crippen LogP contribution in [0.3, 0.4) is 0 Å². The van der Waals surface area contributed by atoms with Crippen LogP contribution < -0.4 is 0 Å². The van der Waals surface area contributed by atoms with Crippen molar-refractivity contribution in [2.75, 3.05) is 19.8 Å². The van der Waals surface area contributed by atoms with E-state index < -0.39 is 0 Å². The van der Waals surface area contributed by atoms with Crippen LogP contribution in [0.1, 0.15) is 11.9 Å². The van der Waals surface area contributed by atoms with Crippen molar-refractivity contribution in [3.05, 3.63) is 28.0 Å². The first-order valence-electron chi connectivity index (χ1n) is 5.28. The average molecular weight is 273 g/mol. The molecular formula is C11H10Cl2N2O2. The Morgan fingerprint density at radius 2 is 2.06 bits per heavy atom. The van der Waals surface area contributed by atoms with Crippen LogP contribution in [0, 0.1) is 0 Å². The van der Waals surface area contributed by atoms with Crippen LogP contribution in [0.5, 0.6) is 0 Å². The number of nitrogens with one attached hydrogen (secondary N) is 1. The summed E-state index contributed by atoms with van der Waals surface area (Å²) < 4.78 is 10.9. The van der Waals surface area contributed by atoms with Crippen LogP contribution in [-0.2, 0) is 9.47 Å². The molecule has 2 heterocycles. The van der Waals surface area contributed by atoms with Crippen LogP contribution in [-0.4, -0.2) is 29.8 Å². The van der Waals surface area contributed by atoms with Crippen molar-refractivity contribution in [3.63, 3.8) is 0 Å². The van der Waals surface area contributed by atoms with Gasteiger partial charge in [-0.2, -0.15) is 0 Å². The predicted molar refractivity (Wildman–Crippen MR) is 65.6 cm³/mol. The fourth-order valence-corrected chi connectivity index (χ4v) is 2.14. The first-order chi connectivity index (χ1) is 8.24. The summed E-state index contributed by atoms with van der Waals surface area (Å²) in [7, 11) is 0. The van der Waals surface area contributed by atoms with Crippen molar-refractivity contribution >= 4 is 34.2 Å². The Morgan fingerprint density at radius 1 is 1.24 bits per heavy atom. The first-order valence-corrected chi connectivity index (χ1v) is 6.03. The quantitative estimate of drug-likeness (QED) is 0.868. The summed E-state index contributed by atoms with van der Waals surface area (Å²) in [6, 6.07) is 3.50. The maximum Gasteiger partial charge on any atom is 0.138 e. The van der Waals surface area contributed by atoms with Gasteiger partial charge in [0.2, 0.25) is 0 Å². The van der Waals surface area contributed by atoms with Gasteiger partial charge in [-0.05, 0) is 12.1 Å². The van der Waals surface area contributed by atoms with E-state index in [9.17, 15) is 0 Å². The van der Waals surface area contributed by atoms with Gasteiger partial charge in [-0.15, -0.1) is 0 Å². The molecule has 3 rings (SSSR count). The van der Waals surface area contributed by atoms with Gasteiger partial charge >= 0.3 is 0 Å². The fourth-order valence-electron chi connectivity index (χ4n) is 1.82. The predicted octanol–water partition coefficient (Wildman–Crippen LogP) is 2.96. The molecule has 4 nitrogen and oxygen atoms in total. The second kappa shape index (κ2) is 4.46. The molecule has 0 bridgehead atoms. The molecule has 1 saturated heterocycles. The summed E-state index contributed by atoms with van der Waals surface area (Å²) in [4.78, 5) is 7.61. The zero-order valence-electron chi connectivity index (χ0n) is 8.87. The van der Waals surface area contributed by atoms with E-state index in [0.29, 0.717) is 29.9 Å². The number of hydrogen-bond acceptors (Lipinski definition) is 3. The lowest BCUT2D eigenvalue weighted by Gasteiger charge is -2.20. The second-order valence-electron chi connectivity index (χ2n) is 3.84. The van der Waals surface area contributed by atoms with Gasteiger partial charge in [0.15, 0.2) is 0 Å². The van der Waals surface area contributed by atoms with E-state index in [0.717, 1.165) is 16.9 Å². The zero-order chi connectivity index (χ0) is 11.8. The minimum atomic E-state index is -0.145. The number of H-pyrrole nitrogens is 1. The van der Waals surface area contributed by atoms with Crippen LogP contribution in [0.4, 0.5) is 0 Å². The Labute approximate surface area is 108 Å². The molecule has 90 valence electrons. The van der Waals surface area contributed by atoms with E-state index in [1.165, 1.54) is 0 Å². The normalized spacial score (nSPS) is 20.9. The van der Waals surface area contributed by atoms with Gasteiger partial charge < -0.3 is 14.5 Å². The maximum atomic E-state index is 5.95. The number of aromatic amines is 1. The number of ether oxygens (including phenoxy) is 2. The zero-order valence-corrected chi connectivity index (χ0v) is 10.4. The van der Waals surface area contributed by atoms with Crippen molar-refractivity contribution < 1.29 is 9.47 Å². The van der Waals surface area contributed by atoms with Gasteiger partial charge in [0.25, 0.3) is 0 Å². The first kappa shape index (κ1) is 11.3. The highest BCUT2D eigenvalue weighted by molar-refractivity contribution is 6.42. The van der Waals surface area contributed by atoms with Crippen LogP contribution in [0.2, 0.25) is 10.0 Å². The fraction of sp³-hybridized carbons (Fsp3) is 0.364. The third-order valence-corrected chi connectivity index (χ3v) is 3.39. The molecule has 1 atom stereocenters. The molecule has 1 fully saturated rings. The molecule has 17 heavy (non-hydrogen) atoms. The monoisotopic (exact) mass is 272 g/mol. The number of rotatable bonds is 1. The number of fused-ring (bicyclic) bond motifs is 1. The van der Waals surface area contributed by atoms with Crippen molar-refractivity contribution in [1.29, 1.82) is 0 Å². The van der Waals surface area contributed by atoms with E-state index in [-0.39, 0.29) is 6.10 Å². The van der Waals surface area contributed by atoms with Crippen molar-refractivity contribution in [1.82, 2.24) is 9.97 Å². The molecule has 0 aliphatic carbocycles. The van der Waals surface area contributed by atoms with E-state index >= 15 is 0 Å². The van der Waals surface area contributed by atoms with E-state index in [4.69, 9.17) is 32.7 Å². The lowest BCUT2D eigenvalue weighted by molar-refractivity contribution is -0.0931. The number of hydrogen-bond donors (Lipinski definition) is 1. The molecule has 0 amide bonds. The SMILES string of the molecule is Clc1cc2nc(C3COCCO3)[nH]c2cc1Cl. The number of benzene rings is 1. The van der Waals surface area contributed by atoms with Gasteiger partial charge in [-0.1, -0.05) is 23.2 Å². The Morgan fingerprint density at radius 3 is 2.82 bits per heavy atom. The number of aromatic nitrogens is 2. The summed E-state index contributed by atoms with van der Waals surface area (Å²) in [5, 5.41) is 1.01. The lowest BCUT2D eigenvalue weighted by atomic mass is 10.3. The van der Waals surface area contributed by atoms with Gasteiger partial charge in [0, 0.05) is 0 Å². The Hall–Kier alpha value is -0.810. The molecule has 2 aromatic rings. The number of imidazole rings is 1. The molecule has 1 N–H and O–H groups in total. The highest BCUT2D eigenvalue weighted by Crippen LogP contribution is 2.28. The summed E-state index contributed by atoms with van der Waals surface area (Å²) in [5.74, 6) is 0.748. The standard InChI is InChI=1S/C11H10Cl2N2O2/c12-6-3-8-9(4-7(6)13)15-11(14-8)10-5-16-1-2-17-10/h3-4,10H,1-2,5H2,(H,14,15). The van der Waals surface area contributed by atoms with Crippen LogP contribution >= 0.6 is 23.2 Å². The second-order valence-corrected chi connectivity index (χ2v) is 4.65. The minimum absolute atomic E-state index is 0.145. The van der Waals surface area contributed by atoms with Gasteiger partial charge in [-0.25, -0.2) is 4.98 Å². The molecule has 1 aromatic heterocycles. The number of halogens is 2. The maximum absolute atomic E-state index is 5.95. The van der Waals surface area contributed by atoms with Crippen LogP contribution in [0.25, 0.3) is 11.0 Å². The van der Waals surface area contributed by atoms with Crippen molar-refractivity contribution in [3.8, 4) is 0 Å². The van der Waals surface area contributed by atoms with Gasteiger partial charge in [0.05, 0.1) is 40.9 Å². The smallest absolute Gasteiger partial charge is 0.138 e. The van der Waals surface area contributed by atoms with E-state index in [1.54, 1.807) is 12.1 Å². The third-order valence-electron chi connectivity index (χ3n) is 2.66. The molecule has 1 aromatic carbocycles. The molecule has 0 saturated carbocycles. The van der Waals surface area contributed by atoms with Gasteiger partial charge in [0.1, 0.15) is 11.9 Å². The average Bonchev–Trinajstić information content (AvgIpc) is 2.74. The molecule has 6 heteroatoms. The van der Waals surface area contributed by atoms with Crippen molar-refractivity contribution in [2.45, 2.75) is 6.10 Å². The largest absolute Gasteiger partial charge is 0.376 e. The highest BCUT2D eigenvalue weighted by Gasteiger charge is 2.20. The Balaban J connectivity index is 2.00. The summed E-state index contributed by atoms with van der Waals surface area (Å²) in [5.41, 5.74) is 1.63. The number of nitrogens with zero attached hydrogens (tertiary/aromatic N) is 1. The van der Waals surface area contributed by atoms with E-state index in [1.807, 2.05) is 0 Å². The molecule has 1 aliphatic rings. The van der Waals surface area contributed by atoms with Gasteiger partial charge in [-0.3, -0.25) is 0 Å².